The molecule has 1 amide bonds. The van der Waals surface area contributed by atoms with Gasteiger partial charge in [0.15, 0.2) is 6.04 Å². The predicted octanol–water partition coefficient (Wildman–Crippen LogP) is 0.873. The Kier molecular flexibility index (Phi) is 4.13. The molecule has 0 fully saturated rings. The molecular weight excluding hydrogens is 234 g/mol. The molecule has 0 heterocycles. The second kappa shape index (κ2) is 5.37. The molecule has 1 rings (SSSR count). The largest absolute Gasteiger partial charge is 0.508 e. The lowest BCUT2D eigenvalue weighted by molar-refractivity contribution is -0.141. The number of benzene rings is 1. The third-order valence-corrected chi connectivity index (χ3v) is 2.14. The number of carbonyl (C=O) groups excluding carboxylic acids is 1. The Morgan fingerprint density at radius 2 is 1.88 bits per heavy atom. The van der Waals surface area contributed by atoms with Crippen molar-refractivity contribution in [3.8, 4) is 5.75 Å². The Morgan fingerprint density at radius 3 is 2.31 bits per heavy atom. The third-order valence-electron chi connectivity index (χ3n) is 1.90. The number of carboxylic acid groups (broad SMARTS) is 1. The number of aliphatic carboxylic acids is 1. The number of phenolic OH excluding ortho intramolecular Hbond substituents is 1. The lowest BCUT2D eigenvalue weighted by Gasteiger charge is -2.13. The fraction of sp³-hybridized carbons (Fsp3) is 0.200. The van der Waals surface area contributed by atoms with Crippen LogP contribution in [0.25, 0.3) is 0 Å². The Labute approximate surface area is 96.7 Å². The molecule has 6 heteroatoms. The van der Waals surface area contributed by atoms with E-state index in [-0.39, 0.29) is 11.6 Å². The number of nitrogens with one attached hydrogen (secondary N) is 1. The number of phenols is 1. The minimum atomic E-state index is -1.19. The minimum Gasteiger partial charge on any atom is -0.508 e. The van der Waals surface area contributed by atoms with E-state index in [2.05, 4.69) is 5.32 Å². The minimum absolute atomic E-state index is 0.0246. The lowest BCUT2D eigenvalue weighted by Crippen LogP contribution is -2.34. The zero-order chi connectivity index (χ0) is 12.1. The maximum atomic E-state index is 11.0. The second-order valence-electron chi connectivity index (χ2n) is 3.06. The fourth-order valence-electron chi connectivity index (χ4n) is 1.15. The van der Waals surface area contributed by atoms with Gasteiger partial charge in [-0.05, 0) is 17.7 Å². The Morgan fingerprint density at radius 1 is 1.31 bits per heavy atom. The van der Waals surface area contributed by atoms with Crippen LogP contribution in [0.1, 0.15) is 11.6 Å². The molecule has 86 valence electrons. The van der Waals surface area contributed by atoms with E-state index in [9.17, 15) is 9.59 Å². The number of carbonyl (C=O) groups is 2. The number of rotatable bonds is 4. The van der Waals surface area contributed by atoms with Gasteiger partial charge in [-0.25, -0.2) is 4.79 Å². The summed E-state index contributed by atoms with van der Waals surface area (Å²) in [7, 11) is 0. The van der Waals surface area contributed by atoms with Crippen LogP contribution in [0.5, 0.6) is 5.75 Å². The third kappa shape index (κ3) is 3.13. The van der Waals surface area contributed by atoms with Gasteiger partial charge in [0.25, 0.3) is 0 Å². The van der Waals surface area contributed by atoms with E-state index in [1.165, 1.54) is 24.3 Å². The summed E-state index contributed by atoms with van der Waals surface area (Å²) in [4.78, 5) is 21.9. The van der Waals surface area contributed by atoms with Crippen LogP contribution in [0.15, 0.2) is 24.3 Å². The first-order valence-corrected chi connectivity index (χ1v) is 4.95. The molecule has 0 aromatic heterocycles. The van der Waals surface area contributed by atoms with Crippen LogP contribution in [0, 0.1) is 0 Å². The molecule has 0 saturated heterocycles. The molecule has 16 heavy (non-hydrogen) atoms. The van der Waals surface area contributed by atoms with Gasteiger partial charge >= 0.3 is 5.97 Å². The highest BCUT2D eigenvalue weighted by Crippen LogP contribution is 2.17. The lowest BCUT2D eigenvalue weighted by atomic mass is 10.1. The average molecular weight is 244 g/mol. The maximum Gasteiger partial charge on any atom is 0.330 e. The van der Waals surface area contributed by atoms with Gasteiger partial charge in [0, 0.05) is 0 Å². The molecule has 3 N–H and O–H groups in total. The van der Waals surface area contributed by atoms with Gasteiger partial charge in [0.1, 0.15) is 11.6 Å². The molecule has 0 aliphatic carbocycles. The first kappa shape index (κ1) is 12.3. The number of carboxylic acids is 1. The number of hydrogen-bond acceptors (Lipinski definition) is 3. The average Bonchev–Trinajstić information content (AvgIpc) is 2.26. The van der Waals surface area contributed by atoms with E-state index < -0.39 is 17.9 Å². The van der Waals surface area contributed by atoms with Crippen molar-refractivity contribution in [2.45, 2.75) is 6.04 Å². The van der Waals surface area contributed by atoms with Crippen molar-refractivity contribution in [2.24, 2.45) is 0 Å². The highest BCUT2D eigenvalue weighted by atomic mass is 35.5. The summed E-state index contributed by atoms with van der Waals surface area (Å²) in [5.41, 5.74) is 0.365. The highest BCUT2D eigenvalue weighted by Gasteiger charge is 2.21. The number of aromatic hydroxyl groups is 1. The molecule has 0 spiro atoms. The van der Waals surface area contributed by atoms with Gasteiger partial charge in [-0.15, -0.1) is 11.6 Å². The van der Waals surface area contributed by atoms with Crippen LogP contribution < -0.4 is 5.32 Å². The zero-order valence-electron chi connectivity index (χ0n) is 8.18. The molecule has 0 bridgehead atoms. The molecule has 1 aromatic rings. The number of halogens is 1. The van der Waals surface area contributed by atoms with Gasteiger partial charge in [-0.1, -0.05) is 12.1 Å². The van der Waals surface area contributed by atoms with Crippen LogP contribution in [0.4, 0.5) is 0 Å². The predicted molar refractivity (Wildman–Crippen MR) is 57.3 cm³/mol. The first-order chi connectivity index (χ1) is 7.54. The van der Waals surface area contributed by atoms with Crippen molar-refractivity contribution in [1.29, 1.82) is 0 Å². The molecule has 0 aliphatic heterocycles. The van der Waals surface area contributed by atoms with Crippen LogP contribution in [0.3, 0.4) is 0 Å². The molecule has 0 aliphatic rings. The van der Waals surface area contributed by atoms with E-state index in [1.807, 2.05) is 0 Å². The number of alkyl halides is 1. The molecule has 0 radical (unpaired) electrons. The summed E-state index contributed by atoms with van der Waals surface area (Å²) in [5, 5.41) is 20.2. The van der Waals surface area contributed by atoms with Crippen molar-refractivity contribution in [3.05, 3.63) is 29.8 Å². The van der Waals surface area contributed by atoms with E-state index in [0.29, 0.717) is 5.56 Å². The second-order valence-corrected chi connectivity index (χ2v) is 3.33. The van der Waals surface area contributed by atoms with Gasteiger partial charge in [-0.3, -0.25) is 4.79 Å². The SMILES string of the molecule is O=C(CCl)N[C@@H](C(=O)O)c1ccc(O)cc1. The first-order valence-electron chi connectivity index (χ1n) is 4.41. The maximum absolute atomic E-state index is 11.0. The smallest absolute Gasteiger partial charge is 0.330 e. The Bertz CT molecular complexity index is 390. The molecule has 5 nitrogen and oxygen atoms in total. The highest BCUT2D eigenvalue weighted by molar-refractivity contribution is 6.27. The summed E-state index contributed by atoms with van der Waals surface area (Å²) in [5.74, 6) is -2.04. The summed E-state index contributed by atoms with van der Waals surface area (Å²) >= 11 is 5.27. The van der Waals surface area contributed by atoms with Crippen molar-refractivity contribution in [1.82, 2.24) is 5.32 Å². The van der Waals surface area contributed by atoms with Gasteiger partial charge in [-0.2, -0.15) is 0 Å². The van der Waals surface area contributed by atoms with Crippen molar-refractivity contribution >= 4 is 23.5 Å². The Hall–Kier alpha value is -1.75. The normalized spacial score (nSPS) is 11.8. The molecular formula is C10H10ClNO4. The van der Waals surface area contributed by atoms with E-state index in [0.717, 1.165) is 0 Å². The van der Waals surface area contributed by atoms with Gasteiger partial charge in [0.05, 0.1) is 0 Å². The molecule has 1 aromatic carbocycles. The standard InChI is InChI=1S/C10H10ClNO4/c11-5-8(14)12-9(10(15)16)6-1-3-7(13)4-2-6/h1-4,9,13H,5H2,(H,12,14)(H,15,16)/t9-/m1/s1. The van der Waals surface area contributed by atoms with E-state index in [1.54, 1.807) is 0 Å². The fourth-order valence-corrected chi connectivity index (χ4v) is 1.23. The van der Waals surface area contributed by atoms with Crippen LogP contribution in [-0.4, -0.2) is 28.0 Å². The molecule has 1 atom stereocenters. The van der Waals surface area contributed by atoms with Crippen molar-refractivity contribution in [2.75, 3.05) is 5.88 Å². The number of amides is 1. The molecule has 0 saturated carbocycles. The molecule has 0 unspecified atom stereocenters. The van der Waals surface area contributed by atoms with Crippen LogP contribution in [0.2, 0.25) is 0 Å². The summed E-state index contributed by atoms with van der Waals surface area (Å²) < 4.78 is 0. The van der Waals surface area contributed by atoms with E-state index >= 15 is 0 Å². The topological polar surface area (TPSA) is 86.6 Å². The monoisotopic (exact) mass is 243 g/mol. The van der Waals surface area contributed by atoms with Crippen molar-refractivity contribution in [3.63, 3.8) is 0 Å². The Balaban J connectivity index is 2.89. The van der Waals surface area contributed by atoms with E-state index in [4.69, 9.17) is 21.8 Å². The summed E-state index contributed by atoms with van der Waals surface area (Å²) in [6, 6.07) is 4.37. The van der Waals surface area contributed by atoms with Crippen LogP contribution >= 0.6 is 11.6 Å². The van der Waals surface area contributed by atoms with Crippen LogP contribution in [-0.2, 0) is 9.59 Å². The van der Waals surface area contributed by atoms with Gasteiger partial charge in [0.2, 0.25) is 5.91 Å². The van der Waals surface area contributed by atoms with Gasteiger partial charge < -0.3 is 15.5 Å². The van der Waals surface area contributed by atoms with Crippen molar-refractivity contribution < 1.29 is 19.8 Å². The quantitative estimate of drug-likeness (QED) is 0.685. The summed E-state index contributed by atoms with van der Waals surface area (Å²) in [6.45, 7) is 0. The summed E-state index contributed by atoms with van der Waals surface area (Å²) in [6.07, 6.45) is 0. The zero-order valence-corrected chi connectivity index (χ0v) is 8.94. The number of hydrogen-bond donors (Lipinski definition) is 3.